The predicted octanol–water partition coefficient (Wildman–Crippen LogP) is 4.01. The summed E-state index contributed by atoms with van der Waals surface area (Å²) in [6, 6.07) is 6.86. The summed E-state index contributed by atoms with van der Waals surface area (Å²) in [5.74, 6) is 1.72. The van der Waals surface area contributed by atoms with Crippen LogP contribution < -0.4 is 0 Å². The molecule has 1 aromatic rings. The fraction of sp³-hybridized carbons (Fsp3) is 0.385. The zero-order valence-electron chi connectivity index (χ0n) is 8.84. The molecular weight excluding hydrogens is 188 g/mol. The summed E-state index contributed by atoms with van der Waals surface area (Å²) in [4.78, 5) is 1.45. The van der Waals surface area contributed by atoms with Crippen molar-refractivity contribution in [1.82, 2.24) is 0 Å². The second-order valence-corrected chi connectivity index (χ2v) is 5.25. The lowest BCUT2D eigenvalue weighted by Gasteiger charge is -2.19. The maximum atomic E-state index is 4.07. The lowest BCUT2D eigenvalue weighted by molar-refractivity contribution is 0.858. The predicted molar refractivity (Wildman–Crippen MR) is 64.1 cm³/mol. The van der Waals surface area contributed by atoms with Crippen LogP contribution in [0.3, 0.4) is 0 Å². The Kier molecular flexibility index (Phi) is 2.69. The van der Waals surface area contributed by atoms with Gasteiger partial charge < -0.3 is 0 Å². The zero-order valence-corrected chi connectivity index (χ0v) is 9.66. The minimum absolute atomic E-state index is 0.625. The highest BCUT2D eigenvalue weighted by Gasteiger charge is 2.13. The number of hydrogen-bond donors (Lipinski definition) is 0. The van der Waals surface area contributed by atoms with Crippen molar-refractivity contribution >= 4 is 11.8 Å². The van der Waals surface area contributed by atoms with Crippen LogP contribution in [0, 0.1) is 0 Å². The Hall–Kier alpha value is -0.690. The second-order valence-electron chi connectivity index (χ2n) is 4.24. The fourth-order valence-electron chi connectivity index (χ4n) is 1.74. The zero-order chi connectivity index (χ0) is 10.1. The first kappa shape index (κ1) is 9.85. The Morgan fingerprint density at radius 1 is 1.36 bits per heavy atom. The van der Waals surface area contributed by atoms with E-state index in [1.807, 2.05) is 11.8 Å². The number of benzene rings is 1. The molecule has 0 spiro atoms. The summed E-state index contributed by atoms with van der Waals surface area (Å²) in [6.45, 7) is 8.55. The van der Waals surface area contributed by atoms with Gasteiger partial charge in [0.1, 0.15) is 0 Å². The van der Waals surface area contributed by atoms with E-state index in [0.29, 0.717) is 5.92 Å². The van der Waals surface area contributed by atoms with Crippen LogP contribution in [0.25, 0.3) is 0 Å². The van der Waals surface area contributed by atoms with E-state index >= 15 is 0 Å². The standard InChI is InChI=1S/C13H16S/c1-9(2)11-4-5-13-12(7-11)6-10(3)8-14-13/h4-5,7,9H,3,6,8H2,1-2H3. The first-order valence-corrected chi connectivity index (χ1v) is 6.07. The van der Waals surface area contributed by atoms with Crippen LogP contribution in [0.4, 0.5) is 0 Å². The minimum atomic E-state index is 0.625. The van der Waals surface area contributed by atoms with Gasteiger partial charge >= 0.3 is 0 Å². The van der Waals surface area contributed by atoms with Gasteiger partial charge in [-0.1, -0.05) is 38.1 Å². The molecule has 0 radical (unpaired) electrons. The van der Waals surface area contributed by atoms with E-state index in [4.69, 9.17) is 0 Å². The van der Waals surface area contributed by atoms with E-state index in [9.17, 15) is 0 Å². The van der Waals surface area contributed by atoms with E-state index in [0.717, 1.165) is 12.2 Å². The van der Waals surface area contributed by atoms with Gasteiger partial charge in [-0.15, -0.1) is 11.8 Å². The SMILES string of the molecule is C=C1CSc2ccc(C(C)C)cc2C1. The van der Waals surface area contributed by atoms with Gasteiger partial charge in [0.15, 0.2) is 0 Å². The van der Waals surface area contributed by atoms with E-state index in [2.05, 4.69) is 38.6 Å². The molecule has 2 rings (SSSR count). The second kappa shape index (κ2) is 3.82. The summed E-state index contributed by atoms with van der Waals surface area (Å²) < 4.78 is 0. The van der Waals surface area contributed by atoms with E-state index in [1.165, 1.54) is 21.6 Å². The van der Waals surface area contributed by atoms with E-state index in [1.54, 1.807) is 0 Å². The number of fused-ring (bicyclic) bond motifs is 1. The topological polar surface area (TPSA) is 0 Å². The van der Waals surface area contributed by atoms with Crippen LogP contribution in [0.5, 0.6) is 0 Å². The number of thioether (sulfide) groups is 1. The third-order valence-corrected chi connectivity index (χ3v) is 3.89. The largest absolute Gasteiger partial charge is 0.121 e. The smallest absolute Gasteiger partial charge is 0.0191 e. The molecule has 0 bridgehead atoms. The van der Waals surface area contributed by atoms with Crippen molar-refractivity contribution in [2.45, 2.75) is 31.1 Å². The molecular formula is C13H16S. The van der Waals surface area contributed by atoms with Gasteiger partial charge in [0.25, 0.3) is 0 Å². The highest BCUT2D eigenvalue weighted by molar-refractivity contribution is 7.99. The Labute approximate surface area is 90.4 Å². The summed E-state index contributed by atoms with van der Waals surface area (Å²) in [5, 5.41) is 0. The third kappa shape index (κ3) is 1.88. The quantitative estimate of drug-likeness (QED) is 0.623. The molecule has 0 fully saturated rings. The Morgan fingerprint density at radius 2 is 2.14 bits per heavy atom. The van der Waals surface area contributed by atoms with Crippen molar-refractivity contribution in [3.63, 3.8) is 0 Å². The molecule has 1 heterocycles. The van der Waals surface area contributed by atoms with Crippen molar-refractivity contribution in [3.8, 4) is 0 Å². The van der Waals surface area contributed by atoms with Crippen LogP contribution >= 0.6 is 11.8 Å². The molecule has 0 aliphatic carbocycles. The third-order valence-electron chi connectivity index (χ3n) is 2.62. The van der Waals surface area contributed by atoms with Crippen molar-refractivity contribution in [2.75, 3.05) is 5.75 Å². The first-order valence-electron chi connectivity index (χ1n) is 5.09. The molecule has 0 nitrogen and oxygen atoms in total. The highest BCUT2D eigenvalue weighted by Crippen LogP contribution is 2.33. The van der Waals surface area contributed by atoms with Crippen LogP contribution in [0.15, 0.2) is 35.2 Å². The van der Waals surface area contributed by atoms with Crippen LogP contribution in [0.1, 0.15) is 30.9 Å². The van der Waals surface area contributed by atoms with Crippen LogP contribution in [-0.4, -0.2) is 5.75 Å². The van der Waals surface area contributed by atoms with Gasteiger partial charge in [-0.25, -0.2) is 0 Å². The van der Waals surface area contributed by atoms with Crippen molar-refractivity contribution in [3.05, 3.63) is 41.5 Å². The Bertz CT molecular complexity index is 363. The average molecular weight is 204 g/mol. The maximum absolute atomic E-state index is 4.07. The molecule has 0 saturated heterocycles. The number of rotatable bonds is 1. The van der Waals surface area contributed by atoms with E-state index < -0.39 is 0 Å². The summed E-state index contributed by atoms with van der Waals surface area (Å²) in [6.07, 6.45) is 1.07. The Balaban J connectivity index is 2.37. The Morgan fingerprint density at radius 3 is 2.86 bits per heavy atom. The number of hydrogen-bond acceptors (Lipinski definition) is 1. The molecule has 0 unspecified atom stereocenters. The molecule has 0 N–H and O–H groups in total. The van der Waals surface area contributed by atoms with Gasteiger partial charge in [-0.2, -0.15) is 0 Å². The lowest BCUT2D eigenvalue weighted by Crippen LogP contribution is -2.02. The molecule has 0 saturated carbocycles. The summed E-state index contributed by atoms with van der Waals surface area (Å²) in [7, 11) is 0. The first-order chi connectivity index (χ1) is 6.66. The monoisotopic (exact) mass is 204 g/mol. The minimum Gasteiger partial charge on any atom is -0.121 e. The van der Waals surface area contributed by atoms with Crippen molar-refractivity contribution in [2.24, 2.45) is 0 Å². The molecule has 1 heteroatoms. The van der Waals surface area contributed by atoms with Crippen LogP contribution in [-0.2, 0) is 6.42 Å². The molecule has 1 aliphatic rings. The molecule has 14 heavy (non-hydrogen) atoms. The molecule has 74 valence electrons. The summed E-state index contributed by atoms with van der Waals surface area (Å²) in [5.41, 5.74) is 4.26. The average Bonchev–Trinajstić information content (AvgIpc) is 2.16. The lowest BCUT2D eigenvalue weighted by atomic mass is 9.98. The van der Waals surface area contributed by atoms with Gasteiger partial charge in [-0.05, 0) is 29.5 Å². The molecule has 1 aromatic carbocycles. The van der Waals surface area contributed by atoms with Gasteiger partial charge in [0.05, 0.1) is 0 Å². The molecule has 0 atom stereocenters. The van der Waals surface area contributed by atoms with Gasteiger partial charge in [0.2, 0.25) is 0 Å². The van der Waals surface area contributed by atoms with Crippen molar-refractivity contribution < 1.29 is 0 Å². The molecule has 0 amide bonds. The van der Waals surface area contributed by atoms with Gasteiger partial charge in [0, 0.05) is 10.6 Å². The molecule has 1 aliphatic heterocycles. The highest BCUT2D eigenvalue weighted by atomic mass is 32.2. The maximum Gasteiger partial charge on any atom is 0.0191 e. The molecule has 0 aromatic heterocycles. The summed E-state index contributed by atoms with van der Waals surface area (Å²) >= 11 is 1.92. The fourth-order valence-corrected chi connectivity index (χ4v) is 2.68. The van der Waals surface area contributed by atoms with Gasteiger partial charge in [-0.3, -0.25) is 0 Å². The van der Waals surface area contributed by atoms with Crippen LogP contribution in [0.2, 0.25) is 0 Å². The normalized spacial score (nSPS) is 15.8. The van der Waals surface area contributed by atoms with E-state index in [-0.39, 0.29) is 0 Å². The van der Waals surface area contributed by atoms with Crippen molar-refractivity contribution in [1.29, 1.82) is 0 Å².